The summed E-state index contributed by atoms with van der Waals surface area (Å²) in [7, 11) is 0. The number of hydrogen-bond donors (Lipinski definition) is 1. The molecule has 1 aromatic carbocycles. The Labute approximate surface area is 134 Å². The van der Waals surface area contributed by atoms with Gasteiger partial charge in [-0.25, -0.2) is 0 Å². The maximum atomic E-state index is 12.5. The number of anilines is 1. The lowest BCUT2D eigenvalue weighted by Crippen LogP contribution is -2.54. The summed E-state index contributed by atoms with van der Waals surface area (Å²) in [5.41, 5.74) is 7.80. The van der Waals surface area contributed by atoms with Gasteiger partial charge in [-0.2, -0.15) is 0 Å². The molecule has 7 heteroatoms. The second-order valence-electron chi connectivity index (χ2n) is 5.34. The van der Waals surface area contributed by atoms with E-state index >= 15 is 0 Å². The quantitative estimate of drug-likeness (QED) is 0.654. The van der Waals surface area contributed by atoms with Gasteiger partial charge >= 0.3 is 0 Å². The van der Waals surface area contributed by atoms with Crippen LogP contribution < -0.4 is 5.73 Å². The van der Waals surface area contributed by atoms with Gasteiger partial charge in [0.1, 0.15) is 6.04 Å². The molecule has 1 atom stereocenters. The van der Waals surface area contributed by atoms with E-state index in [0.29, 0.717) is 37.2 Å². The van der Waals surface area contributed by atoms with Gasteiger partial charge in [0.25, 0.3) is 11.8 Å². The van der Waals surface area contributed by atoms with Crippen LogP contribution in [0, 0.1) is 0 Å². The molecule has 3 amide bonds. The second-order valence-corrected chi connectivity index (χ2v) is 5.34. The standard InChI is InChI=1S/C15H17N3O3.ClH/c1-2-17-13(19)7-6-12(15(17)21)18-8-10-9(14(18)20)4-3-5-11(10)16;/h3-5,12H,2,6-8,16H2,1H3;1H. The number of carbonyl (C=O) groups excluding carboxylic acids is 3. The summed E-state index contributed by atoms with van der Waals surface area (Å²) in [6.07, 6.45) is 0.674. The van der Waals surface area contributed by atoms with E-state index in [-0.39, 0.29) is 30.1 Å². The Bertz CT molecular complexity index is 647. The molecular weight excluding hydrogens is 306 g/mol. The molecule has 0 aliphatic carbocycles. The van der Waals surface area contributed by atoms with Crippen LogP contribution in [0.25, 0.3) is 0 Å². The molecule has 0 saturated carbocycles. The van der Waals surface area contributed by atoms with E-state index in [2.05, 4.69) is 0 Å². The molecule has 6 nitrogen and oxygen atoms in total. The zero-order valence-electron chi connectivity index (χ0n) is 12.2. The molecule has 0 radical (unpaired) electrons. The van der Waals surface area contributed by atoms with Gasteiger partial charge in [-0.05, 0) is 25.5 Å². The van der Waals surface area contributed by atoms with Crippen LogP contribution in [0.3, 0.4) is 0 Å². The Morgan fingerprint density at radius 3 is 2.64 bits per heavy atom. The zero-order chi connectivity index (χ0) is 15.1. The van der Waals surface area contributed by atoms with Crippen molar-refractivity contribution in [2.75, 3.05) is 12.3 Å². The van der Waals surface area contributed by atoms with Crippen molar-refractivity contribution in [3.05, 3.63) is 29.3 Å². The molecule has 2 aliphatic heterocycles. The van der Waals surface area contributed by atoms with Crippen molar-refractivity contribution in [3.63, 3.8) is 0 Å². The van der Waals surface area contributed by atoms with Crippen molar-refractivity contribution < 1.29 is 14.4 Å². The van der Waals surface area contributed by atoms with Crippen LogP contribution in [0.4, 0.5) is 5.69 Å². The highest BCUT2D eigenvalue weighted by Gasteiger charge is 2.42. The van der Waals surface area contributed by atoms with Crippen molar-refractivity contribution in [3.8, 4) is 0 Å². The molecule has 1 aromatic rings. The highest BCUT2D eigenvalue weighted by molar-refractivity contribution is 6.06. The smallest absolute Gasteiger partial charge is 0.255 e. The number of halogens is 1. The van der Waals surface area contributed by atoms with E-state index in [1.165, 1.54) is 4.90 Å². The van der Waals surface area contributed by atoms with Crippen LogP contribution in [0.5, 0.6) is 0 Å². The number of rotatable bonds is 2. The Kier molecular flexibility index (Phi) is 4.42. The van der Waals surface area contributed by atoms with Crippen LogP contribution in [0.15, 0.2) is 18.2 Å². The largest absolute Gasteiger partial charge is 0.398 e. The maximum Gasteiger partial charge on any atom is 0.255 e. The highest BCUT2D eigenvalue weighted by Crippen LogP contribution is 2.31. The average molecular weight is 324 g/mol. The van der Waals surface area contributed by atoms with Crippen molar-refractivity contribution in [1.29, 1.82) is 0 Å². The Balaban J connectivity index is 0.00000176. The number of nitrogen functional groups attached to an aromatic ring is 1. The third kappa shape index (κ3) is 2.33. The molecule has 0 spiro atoms. The predicted molar refractivity (Wildman–Crippen MR) is 83.4 cm³/mol. The molecule has 0 bridgehead atoms. The van der Waals surface area contributed by atoms with Crippen molar-refractivity contribution in [2.24, 2.45) is 0 Å². The van der Waals surface area contributed by atoms with Crippen LogP contribution in [-0.4, -0.2) is 40.1 Å². The van der Waals surface area contributed by atoms with Crippen LogP contribution in [0.2, 0.25) is 0 Å². The van der Waals surface area contributed by atoms with E-state index in [9.17, 15) is 14.4 Å². The van der Waals surface area contributed by atoms with Gasteiger partial charge < -0.3 is 10.6 Å². The van der Waals surface area contributed by atoms with Gasteiger partial charge in [0.05, 0.1) is 0 Å². The first kappa shape index (κ1) is 16.3. The second kappa shape index (κ2) is 5.96. The van der Waals surface area contributed by atoms with Gasteiger partial charge in [0.15, 0.2) is 0 Å². The van der Waals surface area contributed by atoms with E-state index in [4.69, 9.17) is 5.73 Å². The molecule has 0 aromatic heterocycles. The first-order valence-corrected chi connectivity index (χ1v) is 7.07. The fourth-order valence-corrected chi connectivity index (χ4v) is 3.07. The number of hydrogen-bond acceptors (Lipinski definition) is 4. The third-order valence-corrected chi connectivity index (χ3v) is 4.21. The lowest BCUT2D eigenvalue weighted by molar-refractivity contribution is -0.151. The van der Waals surface area contributed by atoms with Gasteiger partial charge in [-0.1, -0.05) is 6.07 Å². The van der Waals surface area contributed by atoms with E-state index < -0.39 is 6.04 Å². The summed E-state index contributed by atoms with van der Waals surface area (Å²) in [5, 5.41) is 0. The van der Waals surface area contributed by atoms with E-state index in [1.807, 2.05) is 0 Å². The molecule has 2 aliphatic rings. The lowest BCUT2D eigenvalue weighted by Gasteiger charge is -2.34. The van der Waals surface area contributed by atoms with Crippen molar-refractivity contribution >= 4 is 35.8 Å². The van der Waals surface area contributed by atoms with E-state index in [1.54, 1.807) is 30.0 Å². The molecule has 2 N–H and O–H groups in total. The van der Waals surface area contributed by atoms with Gasteiger partial charge in [-0.3, -0.25) is 19.3 Å². The Morgan fingerprint density at radius 1 is 1.27 bits per heavy atom. The summed E-state index contributed by atoms with van der Waals surface area (Å²) < 4.78 is 0. The van der Waals surface area contributed by atoms with Crippen LogP contribution in [-0.2, 0) is 16.1 Å². The molecule has 22 heavy (non-hydrogen) atoms. The van der Waals surface area contributed by atoms with Crippen molar-refractivity contribution in [1.82, 2.24) is 9.80 Å². The molecule has 1 fully saturated rings. The fourth-order valence-electron chi connectivity index (χ4n) is 3.07. The lowest BCUT2D eigenvalue weighted by atomic mass is 10.0. The summed E-state index contributed by atoms with van der Waals surface area (Å²) >= 11 is 0. The number of amides is 3. The van der Waals surface area contributed by atoms with Gasteiger partial charge in [0, 0.05) is 36.3 Å². The third-order valence-electron chi connectivity index (χ3n) is 4.21. The average Bonchev–Trinajstić information content (AvgIpc) is 2.79. The number of likely N-dealkylation sites (N-methyl/N-ethyl adjacent to an activating group) is 1. The first-order chi connectivity index (χ1) is 10.0. The number of piperidine rings is 1. The number of carbonyl (C=O) groups is 3. The fraction of sp³-hybridized carbons (Fsp3) is 0.400. The minimum Gasteiger partial charge on any atom is -0.398 e. The van der Waals surface area contributed by atoms with Crippen molar-refractivity contribution in [2.45, 2.75) is 32.4 Å². The predicted octanol–water partition coefficient (Wildman–Crippen LogP) is 1.18. The first-order valence-electron chi connectivity index (χ1n) is 7.07. The Morgan fingerprint density at radius 2 is 2.00 bits per heavy atom. The van der Waals surface area contributed by atoms with Crippen LogP contribution >= 0.6 is 12.4 Å². The molecular formula is C15H18ClN3O3. The summed E-state index contributed by atoms with van der Waals surface area (Å²) in [5.74, 6) is -0.628. The zero-order valence-corrected chi connectivity index (χ0v) is 13.1. The van der Waals surface area contributed by atoms with Gasteiger partial charge in [-0.15, -0.1) is 12.4 Å². The molecule has 1 saturated heterocycles. The van der Waals surface area contributed by atoms with Crippen LogP contribution in [0.1, 0.15) is 35.7 Å². The number of nitrogens with zero attached hydrogens (tertiary/aromatic N) is 2. The summed E-state index contributed by atoms with van der Waals surface area (Å²) in [4.78, 5) is 39.4. The number of nitrogens with two attached hydrogens (primary N) is 1. The summed E-state index contributed by atoms with van der Waals surface area (Å²) in [6, 6.07) is 4.65. The summed E-state index contributed by atoms with van der Waals surface area (Å²) in [6.45, 7) is 2.44. The minimum absolute atomic E-state index is 0. The minimum atomic E-state index is -0.568. The SMILES string of the molecule is CCN1C(=O)CCC(N2Cc3c(N)cccc3C2=O)C1=O.Cl. The molecule has 118 valence electrons. The number of fused-ring (bicyclic) bond motifs is 1. The highest BCUT2D eigenvalue weighted by atomic mass is 35.5. The monoisotopic (exact) mass is 323 g/mol. The molecule has 1 unspecified atom stereocenters. The molecule has 2 heterocycles. The number of imide groups is 1. The maximum absolute atomic E-state index is 12.5. The van der Waals surface area contributed by atoms with Gasteiger partial charge in [0.2, 0.25) is 5.91 Å². The number of benzene rings is 1. The van der Waals surface area contributed by atoms with E-state index in [0.717, 1.165) is 5.56 Å². The Hall–Kier alpha value is -2.08. The normalized spacial score (nSPS) is 21.0. The topological polar surface area (TPSA) is 83.7 Å². The molecule has 3 rings (SSSR count). The number of likely N-dealkylation sites (tertiary alicyclic amines) is 1.